The summed E-state index contributed by atoms with van der Waals surface area (Å²) in [7, 11) is 1.37. The molecule has 1 N–H and O–H groups in total. The van der Waals surface area contributed by atoms with Gasteiger partial charge in [-0.3, -0.25) is 0 Å². The minimum Gasteiger partial charge on any atom is -0.465 e. The zero-order valence-electron chi connectivity index (χ0n) is 15.1. The molecule has 0 saturated carbocycles. The average molecular weight is 360 g/mol. The lowest BCUT2D eigenvalue weighted by molar-refractivity contribution is 0.0601. The Morgan fingerprint density at radius 2 is 1.85 bits per heavy atom. The highest BCUT2D eigenvalue weighted by atomic mass is 16.5. The van der Waals surface area contributed by atoms with E-state index in [2.05, 4.69) is 44.5 Å². The summed E-state index contributed by atoms with van der Waals surface area (Å²) in [5.74, 6) is 1.07. The van der Waals surface area contributed by atoms with E-state index in [-0.39, 0.29) is 5.97 Å². The monoisotopic (exact) mass is 360 g/mol. The van der Waals surface area contributed by atoms with Crippen LogP contribution in [0.15, 0.2) is 60.8 Å². The van der Waals surface area contributed by atoms with E-state index in [1.807, 2.05) is 18.2 Å². The van der Waals surface area contributed by atoms with Gasteiger partial charge in [0, 0.05) is 25.0 Å². The average Bonchev–Trinajstić information content (AvgIpc) is 2.73. The number of hydrogen-bond acceptors (Lipinski definition) is 6. The Morgan fingerprint density at radius 3 is 2.63 bits per heavy atom. The highest BCUT2D eigenvalue weighted by Crippen LogP contribution is 2.23. The van der Waals surface area contributed by atoms with Crippen LogP contribution in [0.4, 0.5) is 17.5 Å². The molecule has 4 rings (SSSR count). The molecule has 2 aromatic carbocycles. The molecule has 0 fully saturated rings. The zero-order chi connectivity index (χ0) is 18.6. The highest BCUT2D eigenvalue weighted by Gasteiger charge is 2.18. The van der Waals surface area contributed by atoms with Crippen molar-refractivity contribution < 1.29 is 9.53 Å². The maximum absolute atomic E-state index is 11.5. The molecule has 0 saturated heterocycles. The number of ether oxygens (including phenoxy) is 1. The number of hydrogen-bond donors (Lipinski definition) is 1. The molecule has 0 amide bonds. The van der Waals surface area contributed by atoms with Crippen LogP contribution in [0, 0.1) is 0 Å². The Labute approximate surface area is 157 Å². The van der Waals surface area contributed by atoms with E-state index in [0.29, 0.717) is 17.3 Å². The van der Waals surface area contributed by atoms with E-state index in [4.69, 9.17) is 4.74 Å². The Morgan fingerprint density at radius 1 is 1.07 bits per heavy atom. The predicted octanol–water partition coefficient (Wildman–Crippen LogP) is 3.57. The van der Waals surface area contributed by atoms with Gasteiger partial charge in [-0.1, -0.05) is 24.3 Å². The normalized spacial score (nSPS) is 13.0. The van der Waals surface area contributed by atoms with Crippen LogP contribution in [0.3, 0.4) is 0 Å². The van der Waals surface area contributed by atoms with Gasteiger partial charge in [-0.25, -0.2) is 9.78 Å². The quantitative estimate of drug-likeness (QED) is 0.718. The molecular formula is C21H20N4O2. The van der Waals surface area contributed by atoms with Crippen molar-refractivity contribution in [1.29, 1.82) is 0 Å². The van der Waals surface area contributed by atoms with Crippen molar-refractivity contribution in [3.63, 3.8) is 0 Å². The Kier molecular flexibility index (Phi) is 4.70. The summed E-state index contributed by atoms with van der Waals surface area (Å²) in [6, 6.07) is 17.4. The van der Waals surface area contributed by atoms with Gasteiger partial charge in [-0.15, -0.1) is 0 Å². The number of carbonyl (C=O) groups excluding carboxylic acids is 1. The molecule has 0 aliphatic carbocycles. The number of rotatable bonds is 4. The molecule has 2 heterocycles. The molecule has 1 aromatic heterocycles. The lowest BCUT2D eigenvalue weighted by atomic mass is 10.0. The summed E-state index contributed by atoms with van der Waals surface area (Å²) in [6.45, 7) is 1.71. The number of nitrogens with one attached hydrogen (secondary N) is 1. The number of anilines is 3. The van der Waals surface area contributed by atoms with Gasteiger partial charge in [0.05, 0.1) is 12.7 Å². The first-order chi connectivity index (χ1) is 13.2. The SMILES string of the molecule is COC(=O)c1ccc(Nc2ccnc(N3CCc4ccccc4C3)n2)cc1. The molecule has 0 unspecified atom stereocenters. The molecule has 1 aliphatic heterocycles. The molecule has 136 valence electrons. The molecule has 3 aromatic rings. The van der Waals surface area contributed by atoms with Crippen LogP contribution < -0.4 is 10.2 Å². The summed E-state index contributed by atoms with van der Waals surface area (Å²) >= 11 is 0. The fraction of sp³-hybridized carbons (Fsp3) is 0.190. The van der Waals surface area contributed by atoms with Crippen molar-refractivity contribution in [2.75, 3.05) is 23.9 Å². The first-order valence-electron chi connectivity index (χ1n) is 8.83. The molecule has 1 aliphatic rings. The second-order valence-corrected chi connectivity index (χ2v) is 6.38. The standard InChI is InChI=1S/C21H20N4O2/c1-27-20(26)16-6-8-18(9-7-16)23-19-10-12-22-21(24-19)25-13-11-15-4-2-3-5-17(15)14-25/h2-10,12H,11,13-14H2,1H3,(H,22,23,24). The Hall–Kier alpha value is -3.41. The lowest BCUT2D eigenvalue weighted by Crippen LogP contribution is -2.31. The van der Waals surface area contributed by atoms with E-state index in [9.17, 15) is 4.79 Å². The maximum Gasteiger partial charge on any atom is 0.337 e. The van der Waals surface area contributed by atoms with Gasteiger partial charge in [0.15, 0.2) is 0 Å². The van der Waals surface area contributed by atoms with Crippen molar-refractivity contribution in [3.05, 3.63) is 77.5 Å². The van der Waals surface area contributed by atoms with E-state index in [0.717, 1.165) is 25.2 Å². The van der Waals surface area contributed by atoms with Crippen molar-refractivity contribution in [3.8, 4) is 0 Å². The topological polar surface area (TPSA) is 67.3 Å². The van der Waals surface area contributed by atoms with Crippen LogP contribution in [0.1, 0.15) is 21.5 Å². The van der Waals surface area contributed by atoms with E-state index >= 15 is 0 Å². The lowest BCUT2D eigenvalue weighted by Gasteiger charge is -2.28. The van der Waals surface area contributed by atoms with Gasteiger partial charge < -0.3 is 15.0 Å². The first kappa shape index (κ1) is 17.0. The summed E-state index contributed by atoms with van der Waals surface area (Å²) in [5, 5.41) is 3.26. The fourth-order valence-corrected chi connectivity index (χ4v) is 3.19. The van der Waals surface area contributed by atoms with Crippen molar-refractivity contribution in [2.24, 2.45) is 0 Å². The smallest absolute Gasteiger partial charge is 0.337 e. The van der Waals surface area contributed by atoms with Crippen molar-refractivity contribution in [1.82, 2.24) is 9.97 Å². The van der Waals surface area contributed by atoms with Crippen LogP contribution in [-0.4, -0.2) is 29.6 Å². The predicted molar refractivity (Wildman–Crippen MR) is 104 cm³/mol. The highest BCUT2D eigenvalue weighted by molar-refractivity contribution is 5.89. The van der Waals surface area contributed by atoms with E-state index in [1.165, 1.54) is 18.2 Å². The van der Waals surface area contributed by atoms with Gasteiger partial charge >= 0.3 is 5.97 Å². The van der Waals surface area contributed by atoms with Gasteiger partial charge in [0.25, 0.3) is 0 Å². The van der Waals surface area contributed by atoms with Crippen LogP contribution in [0.25, 0.3) is 0 Å². The second-order valence-electron chi connectivity index (χ2n) is 6.38. The third-order valence-corrected chi connectivity index (χ3v) is 4.63. The third kappa shape index (κ3) is 3.74. The minimum absolute atomic E-state index is 0.351. The van der Waals surface area contributed by atoms with Gasteiger partial charge in [-0.05, 0) is 47.9 Å². The number of methoxy groups -OCH3 is 1. The van der Waals surface area contributed by atoms with Crippen molar-refractivity contribution >= 4 is 23.4 Å². The summed E-state index contributed by atoms with van der Waals surface area (Å²) in [4.78, 5) is 22.8. The number of aromatic nitrogens is 2. The van der Waals surface area contributed by atoms with E-state index in [1.54, 1.807) is 18.3 Å². The van der Waals surface area contributed by atoms with Crippen molar-refractivity contribution in [2.45, 2.75) is 13.0 Å². The number of fused-ring (bicyclic) bond motifs is 1. The van der Waals surface area contributed by atoms with Crippen LogP contribution >= 0.6 is 0 Å². The van der Waals surface area contributed by atoms with Gasteiger partial charge in [-0.2, -0.15) is 4.98 Å². The Bertz CT molecular complexity index is 956. The molecule has 0 radical (unpaired) electrons. The first-order valence-corrected chi connectivity index (χ1v) is 8.83. The summed E-state index contributed by atoms with van der Waals surface area (Å²) in [5.41, 5.74) is 4.08. The molecule has 0 spiro atoms. The number of esters is 1. The summed E-state index contributed by atoms with van der Waals surface area (Å²) in [6.07, 6.45) is 2.75. The number of benzene rings is 2. The number of carbonyl (C=O) groups is 1. The third-order valence-electron chi connectivity index (χ3n) is 4.63. The molecule has 0 bridgehead atoms. The minimum atomic E-state index is -0.351. The summed E-state index contributed by atoms with van der Waals surface area (Å²) < 4.78 is 4.72. The van der Waals surface area contributed by atoms with Crippen LogP contribution in [0.5, 0.6) is 0 Å². The van der Waals surface area contributed by atoms with Gasteiger partial charge in [0.2, 0.25) is 5.95 Å². The maximum atomic E-state index is 11.5. The van der Waals surface area contributed by atoms with Gasteiger partial charge in [0.1, 0.15) is 5.82 Å². The van der Waals surface area contributed by atoms with E-state index < -0.39 is 0 Å². The second kappa shape index (κ2) is 7.45. The molecule has 27 heavy (non-hydrogen) atoms. The van der Waals surface area contributed by atoms with Crippen LogP contribution in [-0.2, 0) is 17.7 Å². The fourth-order valence-electron chi connectivity index (χ4n) is 3.19. The molecule has 0 atom stereocenters. The molecule has 6 nitrogen and oxygen atoms in total. The Balaban J connectivity index is 1.49. The molecular weight excluding hydrogens is 340 g/mol. The number of nitrogens with zero attached hydrogens (tertiary/aromatic N) is 3. The largest absolute Gasteiger partial charge is 0.465 e. The molecule has 6 heteroatoms. The zero-order valence-corrected chi connectivity index (χ0v) is 15.1. The van der Waals surface area contributed by atoms with Crippen LogP contribution in [0.2, 0.25) is 0 Å².